The first kappa shape index (κ1) is 8.69. The van der Waals surface area contributed by atoms with Gasteiger partial charge in [-0.25, -0.2) is 0 Å². The quantitative estimate of drug-likeness (QED) is 0.639. The van der Waals surface area contributed by atoms with Gasteiger partial charge in [-0.15, -0.1) is 0 Å². The lowest BCUT2D eigenvalue weighted by atomic mass is 10.4. The van der Waals surface area contributed by atoms with E-state index in [9.17, 15) is 4.79 Å². The Labute approximate surface area is 63.0 Å². The summed E-state index contributed by atoms with van der Waals surface area (Å²) < 4.78 is 4.63. The van der Waals surface area contributed by atoms with Gasteiger partial charge < -0.3 is 4.74 Å². The Morgan fingerprint density at radius 3 is 2.89 bits per heavy atom. The highest BCUT2D eigenvalue weighted by Crippen LogP contribution is 1.90. The van der Waals surface area contributed by atoms with E-state index in [2.05, 4.69) is 20.7 Å². The Kier molecular flexibility index (Phi) is 5.62. The first-order valence-electron chi connectivity index (χ1n) is 2.72. The van der Waals surface area contributed by atoms with Crippen LogP contribution in [-0.2, 0) is 9.53 Å². The van der Waals surface area contributed by atoms with Crippen molar-refractivity contribution in [3.8, 4) is 0 Å². The molecule has 2 nitrogen and oxygen atoms in total. The van der Waals surface area contributed by atoms with Crippen molar-refractivity contribution in [2.24, 2.45) is 0 Å². The van der Waals surface area contributed by atoms with E-state index in [0.717, 1.165) is 0 Å². The van der Waals surface area contributed by atoms with Crippen molar-refractivity contribution in [1.29, 1.82) is 0 Å². The summed E-state index contributed by atoms with van der Waals surface area (Å²) in [6.07, 6.45) is 2.04. The van der Waals surface area contributed by atoms with Gasteiger partial charge in [0.1, 0.15) is 0 Å². The molecule has 9 heavy (non-hydrogen) atoms. The normalized spacial score (nSPS) is 10.0. The standard InChI is InChI=1S/C6H9BrO2/c1-2-9-6(8)4-3-5-7/h3,5H,2,4H2,1H3. The van der Waals surface area contributed by atoms with Crippen LogP contribution < -0.4 is 0 Å². The summed E-state index contributed by atoms with van der Waals surface area (Å²) in [5.41, 5.74) is 0. The van der Waals surface area contributed by atoms with Crippen LogP contribution in [0.3, 0.4) is 0 Å². The van der Waals surface area contributed by atoms with Crippen LogP contribution in [0.4, 0.5) is 0 Å². The van der Waals surface area contributed by atoms with Gasteiger partial charge in [-0.2, -0.15) is 0 Å². The molecule has 0 spiro atoms. The Hall–Kier alpha value is -0.310. The van der Waals surface area contributed by atoms with Crippen molar-refractivity contribution < 1.29 is 9.53 Å². The number of hydrogen-bond donors (Lipinski definition) is 0. The monoisotopic (exact) mass is 192 g/mol. The Morgan fingerprint density at radius 2 is 2.44 bits per heavy atom. The van der Waals surface area contributed by atoms with Crippen LogP contribution in [-0.4, -0.2) is 12.6 Å². The topological polar surface area (TPSA) is 26.3 Å². The zero-order valence-corrected chi connectivity index (χ0v) is 6.85. The SMILES string of the molecule is CCOC(=O)CC=CBr. The number of halogens is 1. The second-order valence-corrected chi connectivity index (χ2v) is 1.90. The summed E-state index contributed by atoms with van der Waals surface area (Å²) in [6.45, 7) is 2.24. The van der Waals surface area contributed by atoms with Crippen LogP contribution in [0.5, 0.6) is 0 Å². The van der Waals surface area contributed by atoms with Crippen LogP contribution in [0.25, 0.3) is 0 Å². The average molecular weight is 193 g/mol. The smallest absolute Gasteiger partial charge is 0.309 e. The molecule has 0 atom stereocenters. The molecule has 0 rings (SSSR count). The first-order valence-corrected chi connectivity index (χ1v) is 3.63. The molecule has 0 radical (unpaired) electrons. The van der Waals surface area contributed by atoms with Gasteiger partial charge >= 0.3 is 5.97 Å². The summed E-state index contributed by atoms with van der Waals surface area (Å²) in [5.74, 6) is -0.187. The molecule has 0 aliphatic heterocycles. The summed E-state index contributed by atoms with van der Waals surface area (Å²) in [4.78, 5) is 12.2. The molecular weight excluding hydrogens is 184 g/mol. The van der Waals surface area contributed by atoms with E-state index in [0.29, 0.717) is 13.0 Å². The van der Waals surface area contributed by atoms with E-state index in [1.165, 1.54) is 0 Å². The molecular formula is C6H9BrO2. The van der Waals surface area contributed by atoms with Gasteiger partial charge in [-0.1, -0.05) is 22.0 Å². The molecule has 0 aliphatic carbocycles. The molecule has 52 valence electrons. The van der Waals surface area contributed by atoms with Gasteiger partial charge in [0.15, 0.2) is 0 Å². The zero-order chi connectivity index (χ0) is 7.11. The van der Waals surface area contributed by atoms with Crippen LogP contribution in [0.1, 0.15) is 13.3 Å². The second kappa shape index (κ2) is 5.82. The third kappa shape index (κ3) is 5.56. The maximum absolute atomic E-state index is 10.5. The van der Waals surface area contributed by atoms with Crippen molar-refractivity contribution in [1.82, 2.24) is 0 Å². The number of carbonyl (C=O) groups excluding carboxylic acids is 1. The van der Waals surface area contributed by atoms with Gasteiger partial charge in [0, 0.05) is 0 Å². The van der Waals surface area contributed by atoms with Crippen LogP contribution >= 0.6 is 15.9 Å². The van der Waals surface area contributed by atoms with Crippen molar-refractivity contribution in [2.75, 3.05) is 6.61 Å². The molecule has 0 aromatic heterocycles. The number of esters is 1. The lowest BCUT2D eigenvalue weighted by molar-refractivity contribution is -0.142. The lowest BCUT2D eigenvalue weighted by Crippen LogP contribution is -2.00. The van der Waals surface area contributed by atoms with Crippen LogP contribution in [0, 0.1) is 0 Å². The summed E-state index contributed by atoms with van der Waals surface area (Å²) >= 11 is 3.04. The van der Waals surface area contributed by atoms with Crippen molar-refractivity contribution in [3.05, 3.63) is 11.1 Å². The largest absolute Gasteiger partial charge is 0.466 e. The fourth-order valence-corrected chi connectivity index (χ4v) is 0.548. The van der Waals surface area contributed by atoms with Crippen molar-refractivity contribution >= 4 is 21.9 Å². The average Bonchev–Trinajstić information content (AvgIpc) is 1.85. The predicted octanol–water partition coefficient (Wildman–Crippen LogP) is 1.85. The molecule has 0 aromatic rings. The maximum atomic E-state index is 10.5. The van der Waals surface area contributed by atoms with Crippen LogP contribution in [0.15, 0.2) is 11.1 Å². The Balaban J connectivity index is 3.27. The van der Waals surface area contributed by atoms with E-state index < -0.39 is 0 Å². The molecule has 0 saturated carbocycles. The molecule has 0 aliphatic rings. The molecule has 0 saturated heterocycles. The van der Waals surface area contributed by atoms with E-state index in [1.807, 2.05) is 0 Å². The van der Waals surface area contributed by atoms with Gasteiger partial charge in [0.2, 0.25) is 0 Å². The molecule has 0 unspecified atom stereocenters. The second-order valence-electron chi connectivity index (χ2n) is 1.37. The van der Waals surface area contributed by atoms with E-state index in [-0.39, 0.29) is 5.97 Å². The molecule has 0 amide bonds. The minimum absolute atomic E-state index is 0.187. The number of rotatable bonds is 3. The summed E-state index contributed by atoms with van der Waals surface area (Å²) in [7, 11) is 0. The highest BCUT2D eigenvalue weighted by molar-refractivity contribution is 9.11. The van der Waals surface area contributed by atoms with Gasteiger partial charge in [-0.05, 0) is 11.9 Å². The van der Waals surface area contributed by atoms with Gasteiger partial charge in [0.05, 0.1) is 13.0 Å². The Morgan fingerprint density at radius 1 is 1.78 bits per heavy atom. The molecule has 0 fully saturated rings. The number of carbonyl (C=O) groups is 1. The van der Waals surface area contributed by atoms with Gasteiger partial charge in [0.25, 0.3) is 0 Å². The number of hydrogen-bond acceptors (Lipinski definition) is 2. The highest BCUT2D eigenvalue weighted by atomic mass is 79.9. The predicted molar refractivity (Wildman–Crippen MR) is 39.3 cm³/mol. The minimum Gasteiger partial charge on any atom is -0.466 e. The molecule has 0 heterocycles. The maximum Gasteiger partial charge on any atom is 0.309 e. The fourth-order valence-electron chi connectivity index (χ4n) is 0.361. The third-order valence-electron chi connectivity index (χ3n) is 0.679. The molecule has 0 bridgehead atoms. The molecule has 0 aromatic carbocycles. The minimum atomic E-state index is -0.187. The van der Waals surface area contributed by atoms with Crippen molar-refractivity contribution in [2.45, 2.75) is 13.3 Å². The molecule has 0 N–H and O–H groups in total. The highest BCUT2D eigenvalue weighted by Gasteiger charge is 1.94. The summed E-state index contributed by atoms with van der Waals surface area (Å²) in [6, 6.07) is 0. The van der Waals surface area contributed by atoms with Crippen molar-refractivity contribution in [3.63, 3.8) is 0 Å². The zero-order valence-electron chi connectivity index (χ0n) is 5.26. The van der Waals surface area contributed by atoms with E-state index >= 15 is 0 Å². The third-order valence-corrected chi connectivity index (χ3v) is 1.05. The van der Waals surface area contributed by atoms with Gasteiger partial charge in [-0.3, -0.25) is 4.79 Å². The lowest BCUT2D eigenvalue weighted by Gasteiger charge is -1.95. The van der Waals surface area contributed by atoms with E-state index in [1.54, 1.807) is 18.0 Å². The first-order chi connectivity index (χ1) is 4.31. The Bertz CT molecular complexity index is 110. The van der Waals surface area contributed by atoms with Crippen LogP contribution in [0.2, 0.25) is 0 Å². The number of ether oxygens (including phenoxy) is 1. The van der Waals surface area contributed by atoms with E-state index in [4.69, 9.17) is 0 Å². The summed E-state index contributed by atoms with van der Waals surface area (Å²) in [5, 5.41) is 0. The molecule has 3 heteroatoms. The fraction of sp³-hybridized carbons (Fsp3) is 0.500.